The fraction of sp³-hybridized carbons (Fsp3) is 0.600. The van der Waals surface area contributed by atoms with Gasteiger partial charge in [0.05, 0.1) is 19.3 Å². The lowest BCUT2D eigenvalue weighted by atomic mass is 10.0. The van der Waals surface area contributed by atoms with Gasteiger partial charge >= 0.3 is 11.9 Å². The number of piperidine rings is 1. The van der Waals surface area contributed by atoms with Gasteiger partial charge in [-0.2, -0.15) is 0 Å². The highest BCUT2D eigenvalue weighted by molar-refractivity contribution is 6.27. The van der Waals surface area contributed by atoms with E-state index in [1.54, 1.807) is 0 Å². The number of likely N-dealkylation sites (tertiary alicyclic amines) is 1. The smallest absolute Gasteiger partial charge is 0.414 e. The standard InChI is InChI=1S/C18H29NO2.C2H2O4/c1-3-18(20)17-8-6-16(7-9-17)14-21-12-11-19-10-4-5-15(2)13-19;3-1(4)2(5)6/h6-9,15,18,20H,3-5,10-14H2,1-2H3;(H,3,4)(H,5,6). The molecule has 0 radical (unpaired) electrons. The first kappa shape index (κ1) is 23.1. The summed E-state index contributed by atoms with van der Waals surface area (Å²) in [5, 5.41) is 24.5. The van der Waals surface area contributed by atoms with E-state index in [4.69, 9.17) is 24.5 Å². The van der Waals surface area contributed by atoms with E-state index in [1.165, 1.54) is 31.5 Å². The van der Waals surface area contributed by atoms with E-state index in [0.717, 1.165) is 31.1 Å². The molecule has 0 spiro atoms. The molecule has 0 saturated carbocycles. The van der Waals surface area contributed by atoms with Crippen LogP contribution in [-0.2, 0) is 20.9 Å². The van der Waals surface area contributed by atoms with Crippen LogP contribution in [0.4, 0.5) is 0 Å². The molecule has 2 unspecified atom stereocenters. The minimum atomic E-state index is -1.82. The number of ether oxygens (including phenoxy) is 1. The van der Waals surface area contributed by atoms with Crippen LogP contribution in [0.2, 0.25) is 0 Å². The number of rotatable bonds is 7. The summed E-state index contributed by atoms with van der Waals surface area (Å²) < 4.78 is 5.78. The van der Waals surface area contributed by atoms with Gasteiger partial charge in [0.1, 0.15) is 0 Å². The fourth-order valence-electron chi connectivity index (χ4n) is 2.95. The van der Waals surface area contributed by atoms with Crippen molar-refractivity contribution < 1.29 is 29.6 Å². The number of aliphatic hydroxyl groups excluding tert-OH is 1. The topological polar surface area (TPSA) is 107 Å². The molecular formula is C20H31NO6. The minimum Gasteiger partial charge on any atom is -0.473 e. The summed E-state index contributed by atoms with van der Waals surface area (Å²) in [6.45, 7) is 9.25. The number of carbonyl (C=O) groups is 2. The molecule has 1 aromatic rings. The second-order valence-electron chi connectivity index (χ2n) is 6.88. The lowest BCUT2D eigenvalue weighted by Gasteiger charge is -2.30. The molecule has 1 aliphatic rings. The Hall–Kier alpha value is -1.96. The predicted molar refractivity (Wildman–Crippen MR) is 101 cm³/mol. The highest BCUT2D eigenvalue weighted by atomic mass is 16.5. The Morgan fingerprint density at radius 3 is 2.37 bits per heavy atom. The zero-order valence-electron chi connectivity index (χ0n) is 16.1. The molecule has 7 nitrogen and oxygen atoms in total. The molecule has 0 bridgehead atoms. The van der Waals surface area contributed by atoms with E-state index in [0.29, 0.717) is 6.61 Å². The fourth-order valence-corrected chi connectivity index (χ4v) is 2.95. The SMILES string of the molecule is CCC(O)c1ccc(COCCN2CCCC(C)C2)cc1.O=C(O)C(=O)O. The second-order valence-corrected chi connectivity index (χ2v) is 6.88. The number of aliphatic carboxylic acids is 2. The van der Waals surface area contributed by atoms with Gasteiger partial charge in [0, 0.05) is 13.1 Å². The van der Waals surface area contributed by atoms with Gasteiger partial charge in [-0.05, 0) is 42.9 Å². The zero-order chi connectivity index (χ0) is 20.2. The van der Waals surface area contributed by atoms with Crippen LogP contribution in [-0.4, -0.2) is 58.4 Å². The van der Waals surface area contributed by atoms with Crippen LogP contribution in [0, 0.1) is 5.92 Å². The number of benzene rings is 1. The molecule has 1 heterocycles. The van der Waals surface area contributed by atoms with Gasteiger partial charge in [0.25, 0.3) is 0 Å². The van der Waals surface area contributed by atoms with Crippen LogP contribution in [0.25, 0.3) is 0 Å². The number of aliphatic hydroxyl groups is 1. The van der Waals surface area contributed by atoms with Gasteiger partial charge in [0.15, 0.2) is 0 Å². The number of hydrogen-bond acceptors (Lipinski definition) is 5. The third-order valence-electron chi connectivity index (χ3n) is 4.50. The summed E-state index contributed by atoms with van der Waals surface area (Å²) >= 11 is 0. The van der Waals surface area contributed by atoms with E-state index in [-0.39, 0.29) is 6.10 Å². The molecule has 152 valence electrons. The average molecular weight is 381 g/mol. The number of nitrogens with zero attached hydrogens (tertiary/aromatic N) is 1. The molecule has 2 atom stereocenters. The van der Waals surface area contributed by atoms with Crippen molar-refractivity contribution in [3.05, 3.63) is 35.4 Å². The van der Waals surface area contributed by atoms with Gasteiger partial charge in [-0.25, -0.2) is 9.59 Å². The first-order valence-corrected chi connectivity index (χ1v) is 9.36. The quantitative estimate of drug-likeness (QED) is 0.492. The van der Waals surface area contributed by atoms with Gasteiger partial charge in [-0.1, -0.05) is 38.1 Å². The molecule has 1 fully saturated rings. The Labute approximate surface area is 160 Å². The van der Waals surface area contributed by atoms with Crippen molar-refractivity contribution in [1.29, 1.82) is 0 Å². The largest absolute Gasteiger partial charge is 0.473 e. The molecule has 1 aromatic carbocycles. The second kappa shape index (κ2) is 12.4. The molecule has 1 saturated heterocycles. The summed E-state index contributed by atoms with van der Waals surface area (Å²) in [5.41, 5.74) is 2.16. The van der Waals surface area contributed by atoms with Crippen molar-refractivity contribution >= 4 is 11.9 Å². The molecule has 0 aliphatic carbocycles. The lowest BCUT2D eigenvalue weighted by Crippen LogP contribution is -2.36. The van der Waals surface area contributed by atoms with E-state index in [9.17, 15) is 5.11 Å². The van der Waals surface area contributed by atoms with Crippen LogP contribution in [0.3, 0.4) is 0 Å². The Morgan fingerprint density at radius 1 is 1.22 bits per heavy atom. The van der Waals surface area contributed by atoms with Crippen molar-refractivity contribution in [3.63, 3.8) is 0 Å². The van der Waals surface area contributed by atoms with E-state index in [2.05, 4.69) is 24.0 Å². The summed E-state index contributed by atoms with van der Waals surface area (Å²) in [5.74, 6) is -2.82. The molecule has 27 heavy (non-hydrogen) atoms. The normalized spacial score (nSPS) is 18.3. The van der Waals surface area contributed by atoms with Crippen LogP contribution in [0.5, 0.6) is 0 Å². The predicted octanol–water partition coefficient (Wildman–Crippen LogP) is 2.53. The number of hydrogen-bond donors (Lipinski definition) is 3. The third kappa shape index (κ3) is 9.51. The highest BCUT2D eigenvalue weighted by Gasteiger charge is 2.15. The monoisotopic (exact) mass is 381 g/mol. The average Bonchev–Trinajstić information content (AvgIpc) is 2.65. The first-order chi connectivity index (χ1) is 12.8. The third-order valence-corrected chi connectivity index (χ3v) is 4.50. The molecule has 0 amide bonds. The maximum atomic E-state index is 9.76. The van der Waals surface area contributed by atoms with E-state index in [1.807, 2.05) is 19.1 Å². The van der Waals surface area contributed by atoms with Crippen LogP contribution >= 0.6 is 0 Å². The highest BCUT2D eigenvalue weighted by Crippen LogP contribution is 2.17. The minimum absolute atomic E-state index is 0.346. The van der Waals surface area contributed by atoms with Crippen LogP contribution < -0.4 is 0 Å². The Morgan fingerprint density at radius 2 is 1.85 bits per heavy atom. The van der Waals surface area contributed by atoms with E-state index >= 15 is 0 Å². The van der Waals surface area contributed by atoms with Crippen molar-refractivity contribution in [2.45, 2.75) is 45.8 Å². The van der Waals surface area contributed by atoms with Crippen molar-refractivity contribution in [3.8, 4) is 0 Å². The Bertz CT molecular complexity index is 562. The van der Waals surface area contributed by atoms with Crippen molar-refractivity contribution in [2.75, 3.05) is 26.2 Å². The molecule has 7 heteroatoms. The summed E-state index contributed by atoms with van der Waals surface area (Å²) in [6, 6.07) is 8.10. The summed E-state index contributed by atoms with van der Waals surface area (Å²) in [4.78, 5) is 20.7. The maximum absolute atomic E-state index is 9.76. The van der Waals surface area contributed by atoms with Gasteiger partial charge in [-0.3, -0.25) is 0 Å². The van der Waals surface area contributed by atoms with Crippen molar-refractivity contribution in [2.24, 2.45) is 5.92 Å². The molecule has 2 rings (SSSR count). The van der Waals surface area contributed by atoms with E-state index < -0.39 is 11.9 Å². The summed E-state index contributed by atoms with van der Waals surface area (Å²) in [7, 11) is 0. The molecule has 0 aromatic heterocycles. The Balaban J connectivity index is 0.000000527. The van der Waals surface area contributed by atoms with Gasteiger partial charge in [0.2, 0.25) is 0 Å². The number of carboxylic acids is 2. The summed E-state index contributed by atoms with van der Waals surface area (Å²) in [6.07, 6.45) is 3.10. The molecule has 3 N–H and O–H groups in total. The lowest BCUT2D eigenvalue weighted by molar-refractivity contribution is -0.159. The van der Waals surface area contributed by atoms with Crippen LogP contribution in [0.15, 0.2) is 24.3 Å². The van der Waals surface area contributed by atoms with Crippen LogP contribution in [0.1, 0.15) is 50.3 Å². The van der Waals surface area contributed by atoms with Crippen molar-refractivity contribution in [1.82, 2.24) is 4.90 Å². The Kier molecular flexibility index (Phi) is 10.6. The molecular weight excluding hydrogens is 350 g/mol. The first-order valence-electron chi connectivity index (χ1n) is 9.36. The number of carboxylic acid groups (broad SMARTS) is 2. The molecule has 1 aliphatic heterocycles. The van der Waals surface area contributed by atoms with Gasteiger partial charge < -0.3 is 25.0 Å². The maximum Gasteiger partial charge on any atom is 0.414 e. The van der Waals surface area contributed by atoms with Gasteiger partial charge in [-0.15, -0.1) is 0 Å². The zero-order valence-corrected chi connectivity index (χ0v) is 16.1.